The molecule has 3 rings (SSSR count). The molecule has 0 unspecified atom stereocenters. The van der Waals surface area contributed by atoms with Crippen LogP contribution >= 0.6 is 0 Å². The predicted octanol–water partition coefficient (Wildman–Crippen LogP) is 4.17. The van der Waals surface area contributed by atoms with Crippen molar-refractivity contribution < 1.29 is 0 Å². The summed E-state index contributed by atoms with van der Waals surface area (Å²) in [7, 11) is 1.88. The normalized spacial score (nSPS) is 16.5. The zero-order valence-corrected chi connectivity index (χ0v) is 11.4. The molecule has 0 saturated heterocycles. The van der Waals surface area contributed by atoms with Gasteiger partial charge in [0.1, 0.15) is 5.82 Å². The average Bonchev–Trinajstić information content (AvgIpc) is 2.97. The van der Waals surface area contributed by atoms with Crippen molar-refractivity contribution in [2.45, 2.75) is 38.0 Å². The van der Waals surface area contributed by atoms with Crippen LogP contribution in [-0.2, 0) is 0 Å². The van der Waals surface area contributed by atoms with Crippen molar-refractivity contribution >= 4 is 5.82 Å². The summed E-state index contributed by atoms with van der Waals surface area (Å²) in [4.78, 5) is 0. The number of nitrogens with one attached hydrogen (secondary N) is 2. The summed E-state index contributed by atoms with van der Waals surface area (Å²) in [6, 6.07) is 11.0. The van der Waals surface area contributed by atoms with Crippen LogP contribution in [-0.4, -0.2) is 17.2 Å². The van der Waals surface area contributed by atoms with E-state index in [1.807, 2.05) is 13.1 Å². The summed E-state index contributed by atoms with van der Waals surface area (Å²) in [6.45, 7) is 0. The lowest BCUT2D eigenvalue weighted by molar-refractivity contribution is 0.443. The van der Waals surface area contributed by atoms with Crippen molar-refractivity contribution in [3.63, 3.8) is 0 Å². The van der Waals surface area contributed by atoms with Crippen LogP contribution in [0.1, 0.15) is 43.6 Å². The molecule has 0 radical (unpaired) electrons. The quantitative estimate of drug-likeness (QED) is 0.864. The van der Waals surface area contributed by atoms with Crippen LogP contribution in [0.2, 0.25) is 0 Å². The third-order valence-corrected chi connectivity index (χ3v) is 4.13. The molecular formula is C16H21N3. The lowest BCUT2D eigenvalue weighted by Crippen LogP contribution is -2.04. The Morgan fingerprint density at radius 1 is 1.11 bits per heavy atom. The number of rotatable bonds is 3. The van der Waals surface area contributed by atoms with E-state index >= 15 is 0 Å². The Bertz CT molecular complexity index is 521. The minimum absolute atomic E-state index is 0.775. The summed E-state index contributed by atoms with van der Waals surface area (Å²) in [5.74, 6) is 1.66. The molecule has 0 spiro atoms. The van der Waals surface area contributed by atoms with E-state index in [1.165, 1.54) is 43.2 Å². The first-order valence-corrected chi connectivity index (χ1v) is 7.20. The van der Waals surface area contributed by atoms with Crippen molar-refractivity contribution in [3.05, 3.63) is 35.9 Å². The van der Waals surface area contributed by atoms with Crippen molar-refractivity contribution in [1.29, 1.82) is 0 Å². The molecule has 0 bridgehead atoms. The maximum absolute atomic E-state index is 4.19. The minimum Gasteiger partial charge on any atom is -0.372 e. The van der Waals surface area contributed by atoms with E-state index in [0.29, 0.717) is 0 Å². The van der Waals surface area contributed by atoms with Gasteiger partial charge < -0.3 is 5.32 Å². The van der Waals surface area contributed by atoms with E-state index in [0.717, 1.165) is 17.4 Å². The molecule has 3 nitrogen and oxygen atoms in total. The average molecular weight is 255 g/mol. The minimum atomic E-state index is 0.775. The summed E-state index contributed by atoms with van der Waals surface area (Å²) >= 11 is 0. The molecule has 1 aromatic carbocycles. The first-order valence-electron chi connectivity index (χ1n) is 7.20. The van der Waals surface area contributed by atoms with Crippen LogP contribution in [0.15, 0.2) is 30.3 Å². The van der Waals surface area contributed by atoms with Crippen LogP contribution in [0.4, 0.5) is 5.82 Å². The lowest BCUT2D eigenvalue weighted by atomic mass is 9.84. The molecular weight excluding hydrogens is 234 g/mol. The van der Waals surface area contributed by atoms with E-state index in [9.17, 15) is 0 Å². The van der Waals surface area contributed by atoms with Gasteiger partial charge in [-0.15, -0.1) is 0 Å². The Hall–Kier alpha value is -1.77. The second-order valence-corrected chi connectivity index (χ2v) is 5.37. The summed E-state index contributed by atoms with van der Waals surface area (Å²) < 4.78 is 0. The van der Waals surface area contributed by atoms with Gasteiger partial charge in [-0.2, -0.15) is 5.10 Å². The molecule has 1 saturated carbocycles. The van der Waals surface area contributed by atoms with Gasteiger partial charge in [0.15, 0.2) is 0 Å². The molecule has 1 heterocycles. The highest BCUT2D eigenvalue weighted by atomic mass is 15.2. The number of aromatic nitrogens is 2. The number of anilines is 1. The summed E-state index contributed by atoms with van der Waals surface area (Å²) in [6.07, 6.45) is 6.90. The third-order valence-electron chi connectivity index (χ3n) is 4.13. The van der Waals surface area contributed by atoms with E-state index in [1.54, 1.807) is 0 Å². The van der Waals surface area contributed by atoms with Crippen LogP contribution < -0.4 is 5.32 Å². The molecule has 19 heavy (non-hydrogen) atoms. The van der Waals surface area contributed by atoms with Crippen molar-refractivity contribution in [2.75, 3.05) is 12.4 Å². The van der Waals surface area contributed by atoms with Gasteiger partial charge in [0, 0.05) is 13.1 Å². The standard InChI is InChI=1S/C16H21N3/c1-17-16-11-15(18-19-16)14-9-7-13(8-10-14)12-5-3-2-4-6-12/h7-12H,2-6H2,1H3,(H2,17,18,19). The first kappa shape index (κ1) is 12.3. The van der Waals surface area contributed by atoms with Gasteiger partial charge >= 0.3 is 0 Å². The molecule has 1 aliphatic carbocycles. The van der Waals surface area contributed by atoms with Gasteiger partial charge in [-0.25, -0.2) is 0 Å². The van der Waals surface area contributed by atoms with Crippen molar-refractivity contribution in [3.8, 4) is 11.3 Å². The monoisotopic (exact) mass is 255 g/mol. The SMILES string of the molecule is CNc1cc(-c2ccc(C3CCCCC3)cc2)[nH]n1. The lowest BCUT2D eigenvalue weighted by Gasteiger charge is -2.22. The van der Waals surface area contributed by atoms with Crippen LogP contribution in [0.3, 0.4) is 0 Å². The Labute approximate surface area is 114 Å². The highest BCUT2D eigenvalue weighted by Gasteiger charge is 2.15. The maximum Gasteiger partial charge on any atom is 0.148 e. The molecule has 2 N–H and O–H groups in total. The second-order valence-electron chi connectivity index (χ2n) is 5.37. The molecule has 0 aliphatic heterocycles. The number of hydrogen-bond donors (Lipinski definition) is 2. The first-order chi connectivity index (χ1) is 9.36. The van der Waals surface area contributed by atoms with Gasteiger partial charge in [0.2, 0.25) is 0 Å². The summed E-state index contributed by atoms with van der Waals surface area (Å²) in [5.41, 5.74) is 3.77. The Balaban J connectivity index is 1.78. The van der Waals surface area contributed by atoms with Gasteiger partial charge in [-0.05, 0) is 29.9 Å². The Morgan fingerprint density at radius 3 is 2.47 bits per heavy atom. The highest BCUT2D eigenvalue weighted by Crippen LogP contribution is 2.33. The number of hydrogen-bond acceptors (Lipinski definition) is 2. The fraction of sp³-hybridized carbons (Fsp3) is 0.438. The molecule has 100 valence electrons. The van der Waals surface area contributed by atoms with E-state index in [2.05, 4.69) is 39.8 Å². The molecule has 1 aromatic heterocycles. The molecule has 2 aromatic rings. The Kier molecular flexibility index (Phi) is 3.53. The van der Waals surface area contributed by atoms with Gasteiger partial charge in [-0.1, -0.05) is 43.5 Å². The molecule has 3 heteroatoms. The smallest absolute Gasteiger partial charge is 0.148 e. The molecule has 0 amide bonds. The van der Waals surface area contributed by atoms with E-state index in [4.69, 9.17) is 0 Å². The molecule has 1 fully saturated rings. The fourth-order valence-corrected chi connectivity index (χ4v) is 2.97. The maximum atomic E-state index is 4.19. The Morgan fingerprint density at radius 2 is 1.84 bits per heavy atom. The third kappa shape index (κ3) is 2.65. The summed E-state index contributed by atoms with van der Waals surface area (Å²) in [5, 5.41) is 10.3. The zero-order chi connectivity index (χ0) is 13.1. The molecule has 1 aliphatic rings. The molecule has 0 atom stereocenters. The number of nitrogens with zero attached hydrogens (tertiary/aromatic N) is 1. The second kappa shape index (κ2) is 5.47. The fourth-order valence-electron chi connectivity index (χ4n) is 2.97. The van der Waals surface area contributed by atoms with Crippen LogP contribution in [0.25, 0.3) is 11.3 Å². The van der Waals surface area contributed by atoms with Gasteiger partial charge in [-0.3, -0.25) is 5.10 Å². The van der Waals surface area contributed by atoms with Crippen LogP contribution in [0, 0.1) is 0 Å². The van der Waals surface area contributed by atoms with Crippen LogP contribution in [0.5, 0.6) is 0 Å². The number of H-pyrrole nitrogens is 1. The number of benzene rings is 1. The van der Waals surface area contributed by atoms with Crippen molar-refractivity contribution in [2.24, 2.45) is 0 Å². The van der Waals surface area contributed by atoms with Gasteiger partial charge in [0.25, 0.3) is 0 Å². The highest BCUT2D eigenvalue weighted by molar-refractivity contribution is 5.63. The van der Waals surface area contributed by atoms with Crippen molar-refractivity contribution in [1.82, 2.24) is 10.2 Å². The van der Waals surface area contributed by atoms with E-state index in [-0.39, 0.29) is 0 Å². The zero-order valence-electron chi connectivity index (χ0n) is 11.4. The number of aromatic amines is 1. The van der Waals surface area contributed by atoms with Gasteiger partial charge in [0.05, 0.1) is 5.69 Å². The predicted molar refractivity (Wildman–Crippen MR) is 79.4 cm³/mol. The topological polar surface area (TPSA) is 40.7 Å². The van der Waals surface area contributed by atoms with E-state index < -0.39 is 0 Å². The largest absolute Gasteiger partial charge is 0.372 e.